The van der Waals surface area contributed by atoms with Gasteiger partial charge < -0.3 is 20.3 Å². The van der Waals surface area contributed by atoms with Crippen LogP contribution in [0.3, 0.4) is 0 Å². The molecule has 5 nitrogen and oxygen atoms in total. The lowest BCUT2D eigenvalue weighted by Crippen LogP contribution is -2.62. The van der Waals surface area contributed by atoms with Gasteiger partial charge in [0.2, 0.25) is 0 Å². The molecule has 0 bridgehead atoms. The Morgan fingerprint density at radius 1 is 1.21 bits per heavy atom. The summed E-state index contributed by atoms with van der Waals surface area (Å²) in [5.41, 5.74) is -0.400. The third-order valence-electron chi connectivity index (χ3n) is 3.58. The normalized spacial score (nSPS) is 25.6. The topological polar surface area (TPSA) is 53.6 Å². The van der Waals surface area contributed by atoms with Crippen LogP contribution in [0, 0.1) is 0 Å². The summed E-state index contributed by atoms with van der Waals surface area (Å²) in [7, 11) is 0. The minimum absolute atomic E-state index is 0.187. The number of nitrogens with zero attached hydrogens (tertiary/aromatic N) is 1. The number of amides is 1. The minimum Gasteiger partial charge on any atom is -0.444 e. The number of hydrogen-bond donors (Lipinski definition) is 2. The van der Waals surface area contributed by atoms with Gasteiger partial charge in [-0.3, -0.25) is 0 Å². The van der Waals surface area contributed by atoms with E-state index in [-0.39, 0.29) is 6.09 Å². The van der Waals surface area contributed by atoms with Gasteiger partial charge in [0.15, 0.2) is 0 Å². The maximum Gasteiger partial charge on any atom is 0.410 e. The van der Waals surface area contributed by atoms with Crippen molar-refractivity contribution in [1.29, 1.82) is 0 Å². The van der Waals surface area contributed by atoms with Crippen molar-refractivity contribution in [3.8, 4) is 0 Å². The second kappa shape index (κ2) is 6.09. The van der Waals surface area contributed by atoms with Gasteiger partial charge in [-0.1, -0.05) is 0 Å². The molecule has 2 aliphatic heterocycles. The van der Waals surface area contributed by atoms with Gasteiger partial charge in [0.1, 0.15) is 5.60 Å². The van der Waals surface area contributed by atoms with Crippen molar-refractivity contribution >= 4 is 6.09 Å². The first kappa shape index (κ1) is 14.6. The highest BCUT2D eigenvalue weighted by Gasteiger charge is 2.34. The highest BCUT2D eigenvalue weighted by Crippen LogP contribution is 2.16. The molecule has 0 aromatic heterocycles. The Bertz CT molecular complexity index is 300. The van der Waals surface area contributed by atoms with Crippen LogP contribution in [-0.2, 0) is 4.74 Å². The van der Waals surface area contributed by atoms with E-state index in [4.69, 9.17) is 4.74 Å². The van der Waals surface area contributed by atoms with Crippen LogP contribution in [0.4, 0.5) is 4.79 Å². The van der Waals surface area contributed by atoms with E-state index < -0.39 is 5.60 Å². The number of hydrogen-bond acceptors (Lipinski definition) is 4. The predicted molar refractivity (Wildman–Crippen MR) is 75.2 cm³/mol. The molecule has 0 aliphatic carbocycles. The standard InChI is InChI=1S/C14H27N3O2/c1-14(2,3)19-13(18)17-9-12(10-17)16-11-5-4-7-15-8-6-11/h11-12,15-16H,4-10H2,1-3H3. The van der Waals surface area contributed by atoms with Crippen molar-refractivity contribution in [3.05, 3.63) is 0 Å². The summed E-state index contributed by atoms with van der Waals surface area (Å²) in [6.07, 6.45) is 3.46. The van der Waals surface area contributed by atoms with Crippen LogP contribution in [0.25, 0.3) is 0 Å². The summed E-state index contributed by atoms with van der Waals surface area (Å²) in [6.45, 7) is 9.49. The molecule has 0 saturated carbocycles. The second-order valence-corrected chi connectivity index (χ2v) is 6.63. The van der Waals surface area contributed by atoms with Crippen LogP contribution < -0.4 is 10.6 Å². The van der Waals surface area contributed by atoms with Crippen LogP contribution in [0.2, 0.25) is 0 Å². The minimum atomic E-state index is -0.400. The van der Waals surface area contributed by atoms with Gasteiger partial charge in [0.05, 0.1) is 0 Å². The molecule has 0 spiro atoms. The van der Waals surface area contributed by atoms with Gasteiger partial charge in [-0.25, -0.2) is 4.79 Å². The van der Waals surface area contributed by atoms with Crippen LogP contribution in [0.15, 0.2) is 0 Å². The van der Waals surface area contributed by atoms with E-state index in [0.717, 1.165) is 26.2 Å². The second-order valence-electron chi connectivity index (χ2n) is 6.63. The lowest BCUT2D eigenvalue weighted by molar-refractivity contribution is 0.00400. The zero-order valence-electron chi connectivity index (χ0n) is 12.4. The molecule has 0 radical (unpaired) electrons. The number of likely N-dealkylation sites (tertiary alicyclic amines) is 1. The Kier molecular flexibility index (Phi) is 4.68. The number of rotatable bonds is 2. The molecule has 1 amide bonds. The summed E-state index contributed by atoms with van der Waals surface area (Å²) in [5.74, 6) is 0. The van der Waals surface area contributed by atoms with Gasteiger partial charge >= 0.3 is 6.09 Å². The first-order chi connectivity index (χ1) is 8.94. The summed E-state index contributed by atoms with van der Waals surface area (Å²) in [4.78, 5) is 13.6. The highest BCUT2D eigenvalue weighted by molar-refractivity contribution is 5.69. The fraction of sp³-hybridized carbons (Fsp3) is 0.929. The predicted octanol–water partition coefficient (Wildman–Crippen LogP) is 1.34. The smallest absolute Gasteiger partial charge is 0.410 e. The largest absolute Gasteiger partial charge is 0.444 e. The number of ether oxygens (including phenoxy) is 1. The summed E-state index contributed by atoms with van der Waals surface area (Å²) < 4.78 is 5.35. The van der Waals surface area contributed by atoms with E-state index in [0.29, 0.717) is 12.1 Å². The van der Waals surface area contributed by atoms with E-state index in [1.54, 1.807) is 4.90 Å². The van der Waals surface area contributed by atoms with E-state index >= 15 is 0 Å². The molecule has 2 aliphatic rings. The number of carbonyl (C=O) groups is 1. The van der Waals surface area contributed by atoms with Crippen LogP contribution in [0.5, 0.6) is 0 Å². The fourth-order valence-electron chi connectivity index (χ4n) is 2.58. The van der Waals surface area contributed by atoms with Crippen LogP contribution in [0.1, 0.15) is 40.0 Å². The lowest BCUT2D eigenvalue weighted by atomic mass is 10.0. The fourth-order valence-corrected chi connectivity index (χ4v) is 2.58. The lowest BCUT2D eigenvalue weighted by Gasteiger charge is -2.41. The average molecular weight is 269 g/mol. The van der Waals surface area contributed by atoms with Gasteiger partial charge in [0, 0.05) is 25.2 Å². The average Bonchev–Trinajstić information content (AvgIpc) is 2.48. The Hall–Kier alpha value is -0.810. The van der Waals surface area contributed by atoms with Crippen molar-refractivity contribution in [2.24, 2.45) is 0 Å². The maximum absolute atomic E-state index is 11.8. The van der Waals surface area contributed by atoms with Crippen molar-refractivity contribution in [2.75, 3.05) is 26.2 Å². The van der Waals surface area contributed by atoms with E-state index in [9.17, 15) is 4.79 Å². The van der Waals surface area contributed by atoms with Crippen molar-refractivity contribution < 1.29 is 9.53 Å². The SMILES string of the molecule is CC(C)(C)OC(=O)N1CC(NC2CCCNCC2)C1. The van der Waals surface area contributed by atoms with E-state index in [1.165, 1.54) is 19.3 Å². The molecule has 2 heterocycles. The quantitative estimate of drug-likeness (QED) is 0.794. The Morgan fingerprint density at radius 2 is 1.95 bits per heavy atom. The Labute approximate surface area is 116 Å². The summed E-state index contributed by atoms with van der Waals surface area (Å²) in [5, 5.41) is 7.07. The van der Waals surface area contributed by atoms with E-state index in [1.807, 2.05) is 20.8 Å². The molecule has 19 heavy (non-hydrogen) atoms. The first-order valence-electron chi connectivity index (χ1n) is 7.39. The molecule has 0 aromatic rings. The molecule has 1 unspecified atom stereocenters. The third-order valence-corrected chi connectivity index (χ3v) is 3.58. The molecule has 5 heteroatoms. The van der Waals surface area contributed by atoms with E-state index in [2.05, 4.69) is 10.6 Å². The van der Waals surface area contributed by atoms with Gasteiger partial charge in [-0.15, -0.1) is 0 Å². The molecule has 0 aromatic carbocycles. The van der Waals surface area contributed by atoms with Crippen molar-refractivity contribution in [1.82, 2.24) is 15.5 Å². The monoisotopic (exact) mass is 269 g/mol. The summed E-state index contributed by atoms with van der Waals surface area (Å²) >= 11 is 0. The van der Waals surface area contributed by atoms with Gasteiger partial charge in [0.25, 0.3) is 0 Å². The Morgan fingerprint density at radius 3 is 2.63 bits per heavy atom. The molecule has 110 valence electrons. The zero-order chi connectivity index (χ0) is 13.9. The van der Waals surface area contributed by atoms with Crippen molar-refractivity contribution in [3.63, 3.8) is 0 Å². The van der Waals surface area contributed by atoms with Crippen LogP contribution in [-0.4, -0.2) is 54.9 Å². The molecule has 2 saturated heterocycles. The molecule has 1 atom stereocenters. The molecule has 2 fully saturated rings. The third kappa shape index (κ3) is 4.66. The van der Waals surface area contributed by atoms with Crippen molar-refractivity contribution in [2.45, 2.75) is 57.7 Å². The number of carbonyl (C=O) groups excluding carboxylic acids is 1. The molecule has 2 rings (SSSR count). The summed E-state index contributed by atoms with van der Waals surface area (Å²) in [6, 6.07) is 1.04. The Balaban J connectivity index is 1.66. The van der Waals surface area contributed by atoms with Gasteiger partial charge in [-0.05, 0) is 53.1 Å². The molecule has 2 N–H and O–H groups in total. The van der Waals surface area contributed by atoms with Crippen LogP contribution >= 0.6 is 0 Å². The highest BCUT2D eigenvalue weighted by atomic mass is 16.6. The maximum atomic E-state index is 11.8. The van der Waals surface area contributed by atoms with Gasteiger partial charge in [-0.2, -0.15) is 0 Å². The molecular formula is C14H27N3O2. The zero-order valence-corrected chi connectivity index (χ0v) is 12.4. The molecular weight excluding hydrogens is 242 g/mol. The first-order valence-corrected chi connectivity index (χ1v) is 7.39. The number of nitrogens with one attached hydrogen (secondary N) is 2.